The van der Waals surface area contributed by atoms with E-state index in [1.165, 1.54) is 38.8 Å². The number of carbonyl (C=O) groups excluding carboxylic acids is 1. The SMILES string of the molecule is O=C(c1ccc(OCCN2CCCC2)nc1)c1c(-c2ccc(OCCN3CCCC3)cc2)sc2ccccc12. The molecule has 0 radical (unpaired) electrons. The minimum absolute atomic E-state index is 0.0236. The number of benzene rings is 2. The maximum Gasteiger partial charge on any atom is 0.213 e. The van der Waals surface area contributed by atoms with Gasteiger partial charge in [-0.3, -0.25) is 14.6 Å². The Hall–Kier alpha value is -3.26. The van der Waals surface area contributed by atoms with Crippen LogP contribution in [0.4, 0.5) is 0 Å². The fourth-order valence-electron chi connectivity index (χ4n) is 5.51. The zero-order chi connectivity index (χ0) is 26.4. The Morgan fingerprint density at radius 2 is 1.46 bits per heavy atom. The van der Waals surface area contributed by atoms with Gasteiger partial charge in [0, 0.05) is 51.4 Å². The largest absolute Gasteiger partial charge is 0.492 e. The van der Waals surface area contributed by atoms with Gasteiger partial charge >= 0.3 is 0 Å². The molecule has 0 bridgehead atoms. The summed E-state index contributed by atoms with van der Waals surface area (Å²) in [6, 6.07) is 19.9. The van der Waals surface area contributed by atoms with Crippen LogP contribution in [0.25, 0.3) is 20.5 Å². The van der Waals surface area contributed by atoms with Gasteiger partial charge in [-0.2, -0.15) is 0 Å². The first-order valence-electron chi connectivity index (χ1n) is 14.1. The zero-order valence-corrected chi connectivity index (χ0v) is 23.1. The molecule has 2 aliphatic rings. The van der Waals surface area contributed by atoms with Crippen LogP contribution in [0.5, 0.6) is 11.6 Å². The average molecular weight is 542 g/mol. The molecule has 7 heteroatoms. The molecule has 202 valence electrons. The van der Waals surface area contributed by atoms with Crippen molar-refractivity contribution in [2.45, 2.75) is 25.7 Å². The number of hydrogen-bond acceptors (Lipinski definition) is 7. The lowest BCUT2D eigenvalue weighted by atomic mass is 9.98. The number of nitrogens with zero attached hydrogens (tertiary/aromatic N) is 3. The van der Waals surface area contributed by atoms with Gasteiger partial charge in [0.2, 0.25) is 5.88 Å². The fourth-order valence-corrected chi connectivity index (χ4v) is 6.71. The van der Waals surface area contributed by atoms with E-state index in [0.717, 1.165) is 58.0 Å². The van der Waals surface area contributed by atoms with Gasteiger partial charge in [0.15, 0.2) is 5.78 Å². The molecule has 4 heterocycles. The highest BCUT2D eigenvalue weighted by Gasteiger charge is 2.22. The molecule has 0 unspecified atom stereocenters. The van der Waals surface area contributed by atoms with Gasteiger partial charge in [0.25, 0.3) is 0 Å². The lowest BCUT2D eigenvalue weighted by Gasteiger charge is -2.15. The van der Waals surface area contributed by atoms with Gasteiger partial charge in [-0.25, -0.2) is 4.98 Å². The number of aromatic nitrogens is 1. The van der Waals surface area contributed by atoms with E-state index in [1.807, 2.05) is 36.4 Å². The van der Waals surface area contributed by atoms with E-state index in [-0.39, 0.29) is 5.78 Å². The van der Waals surface area contributed by atoms with E-state index in [4.69, 9.17) is 9.47 Å². The minimum atomic E-state index is -0.0236. The maximum atomic E-state index is 13.8. The molecule has 0 amide bonds. The van der Waals surface area contributed by atoms with Crippen LogP contribution in [-0.4, -0.2) is 73.0 Å². The van der Waals surface area contributed by atoms with Gasteiger partial charge in [-0.05, 0) is 93.8 Å². The Balaban J connectivity index is 1.17. The van der Waals surface area contributed by atoms with Crippen molar-refractivity contribution in [1.82, 2.24) is 14.8 Å². The fraction of sp³-hybridized carbons (Fsp3) is 0.375. The van der Waals surface area contributed by atoms with Gasteiger partial charge in [-0.1, -0.05) is 18.2 Å². The van der Waals surface area contributed by atoms with E-state index >= 15 is 0 Å². The predicted octanol–water partition coefficient (Wildman–Crippen LogP) is 6.14. The smallest absolute Gasteiger partial charge is 0.213 e. The number of rotatable bonds is 11. The van der Waals surface area contributed by atoms with Gasteiger partial charge in [-0.15, -0.1) is 11.3 Å². The Kier molecular flexibility index (Phi) is 8.19. The molecule has 0 aliphatic carbocycles. The van der Waals surface area contributed by atoms with Gasteiger partial charge < -0.3 is 9.47 Å². The number of likely N-dealkylation sites (tertiary alicyclic amines) is 2. The third-order valence-electron chi connectivity index (χ3n) is 7.67. The molecule has 0 spiro atoms. The topological polar surface area (TPSA) is 54.9 Å². The maximum absolute atomic E-state index is 13.8. The number of ether oxygens (including phenoxy) is 2. The Bertz CT molecular complexity index is 1390. The van der Waals surface area contributed by atoms with Crippen molar-refractivity contribution in [3.63, 3.8) is 0 Å². The quantitative estimate of drug-likeness (QED) is 0.213. The summed E-state index contributed by atoms with van der Waals surface area (Å²) >= 11 is 1.65. The van der Waals surface area contributed by atoms with Crippen LogP contribution < -0.4 is 9.47 Å². The van der Waals surface area contributed by atoms with Crippen LogP contribution in [0, 0.1) is 0 Å². The highest BCUT2D eigenvalue weighted by atomic mass is 32.1. The highest BCUT2D eigenvalue weighted by Crippen LogP contribution is 2.40. The van der Waals surface area contributed by atoms with E-state index in [0.29, 0.717) is 24.7 Å². The van der Waals surface area contributed by atoms with E-state index < -0.39 is 0 Å². The number of ketones is 1. The zero-order valence-electron chi connectivity index (χ0n) is 22.3. The van der Waals surface area contributed by atoms with Crippen LogP contribution in [0.1, 0.15) is 41.6 Å². The summed E-state index contributed by atoms with van der Waals surface area (Å²) in [4.78, 5) is 24.1. The van der Waals surface area contributed by atoms with Crippen molar-refractivity contribution < 1.29 is 14.3 Å². The molecule has 2 aromatic heterocycles. The summed E-state index contributed by atoms with van der Waals surface area (Å²) < 4.78 is 12.9. The number of carbonyl (C=O) groups is 1. The molecule has 2 aliphatic heterocycles. The number of hydrogen-bond donors (Lipinski definition) is 0. The third-order valence-corrected chi connectivity index (χ3v) is 8.89. The molecule has 0 atom stereocenters. The second-order valence-electron chi connectivity index (χ2n) is 10.3. The Morgan fingerprint density at radius 3 is 2.13 bits per heavy atom. The monoisotopic (exact) mass is 541 g/mol. The van der Waals surface area contributed by atoms with Crippen molar-refractivity contribution in [3.05, 3.63) is 78.0 Å². The minimum Gasteiger partial charge on any atom is -0.492 e. The molecule has 2 aromatic carbocycles. The molecule has 6 rings (SSSR count). The summed E-state index contributed by atoms with van der Waals surface area (Å²) in [7, 11) is 0. The second-order valence-corrected chi connectivity index (χ2v) is 11.4. The number of fused-ring (bicyclic) bond motifs is 1. The summed E-state index contributed by atoms with van der Waals surface area (Å²) in [5.74, 6) is 1.39. The standard InChI is InChI=1S/C32H35N3O3S/c36-31(25-11-14-29(33-23-25)38-22-20-35-17-5-6-18-35)30-27-7-1-2-8-28(27)39-32(30)24-9-12-26(13-10-24)37-21-19-34-15-3-4-16-34/h1-2,7-14,23H,3-6,15-22H2. The van der Waals surface area contributed by atoms with Crippen LogP contribution in [0.2, 0.25) is 0 Å². The number of pyridine rings is 1. The van der Waals surface area contributed by atoms with Crippen LogP contribution in [-0.2, 0) is 0 Å². The van der Waals surface area contributed by atoms with Crippen molar-refractivity contribution >= 4 is 27.2 Å². The first-order valence-corrected chi connectivity index (χ1v) is 14.9. The molecule has 2 fully saturated rings. The van der Waals surface area contributed by atoms with Crippen molar-refractivity contribution in [3.8, 4) is 22.1 Å². The second kappa shape index (κ2) is 12.3. The van der Waals surface area contributed by atoms with E-state index in [1.54, 1.807) is 23.6 Å². The van der Waals surface area contributed by atoms with E-state index in [9.17, 15) is 4.79 Å². The average Bonchev–Trinajstić information content (AvgIpc) is 3.75. The van der Waals surface area contributed by atoms with Gasteiger partial charge in [0.05, 0.1) is 0 Å². The molecule has 4 aromatic rings. The molecular weight excluding hydrogens is 506 g/mol. The molecular formula is C32H35N3O3S. The van der Waals surface area contributed by atoms with Gasteiger partial charge in [0.1, 0.15) is 19.0 Å². The molecule has 0 N–H and O–H groups in total. The van der Waals surface area contributed by atoms with Crippen molar-refractivity contribution in [2.24, 2.45) is 0 Å². The predicted molar refractivity (Wildman–Crippen MR) is 157 cm³/mol. The first kappa shape index (κ1) is 26.0. The van der Waals surface area contributed by atoms with Crippen LogP contribution in [0.3, 0.4) is 0 Å². The first-order chi connectivity index (χ1) is 19.2. The normalized spacial score (nSPS) is 16.2. The highest BCUT2D eigenvalue weighted by molar-refractivity contribution is 7.22. The lowest BCUT2D eigenvalue weighted by Crippen LogP contribution is -2.25. The van der Waals surface area contributed by atoms with Crippen molar-refractivity contribution in [2.75, 3.05) is 52.5 Å². The summed E-state index contributed by atoms with van der Waals surface area (Å²) in [6.45, 7) is 7.83. The summed E-state index contributed by atoms with van der Waals surface area (Å²) in [6.07, 6.45) is 6.76. The lowest BCUT2D eigenvalue weighted by molar-refractivity contribution is 0.104. The summed E-state index contributed by atoms with van der Waals surface area (Å²) in [5, 5.41) is 0.972. The Labute approximate surface area is 234 Å². The van der Waals surface area contributed by atoms with Crippen LogP contribution in [0.15, 0.2) is 66.9 Å². The molecule has 6 nitrogen and oxygen atoms in total. The van der Waals surface area contributed by atoms with E-state index in [2.05, 4.69) is 33.0 Å². The molecule has 0 saturated carbocycles. The number of thiophene rings is 1. The van der Waals surface area contributed by atoms with Crippen molar-refractivity contribution in [1.29, 1.82) is 0 Å². The molecule has 2 saturated heterocycles. The molecule has 39 heavy (non-hydrogen) atoms. The third kappa shape index (κ3) is 6.16. The van der Waals surface area contributed by atoms with Crippen LogP contribution >= 0.6 is 11.3 Å². The summed E-state index contributed by atoms with van der Waals surface area (Å²) in [5.41, 5.74) is 2.30. The Morgan fingerprint density at radius 1 is 0.795 bits per heavy atom.